The number of esters is 1. The van der Waals surface area contributed by atoms with Crippen molar-refractivity contribution in [1.29, 1.82) is 0 Å². The lowest BCUT2D eigenvalue weighted by molar-refractivity contribution is -0.153. The van der Waals surface area contributed by atoms with E-state index in [0.717, 1.165) is 11.1 Å². The summed E-state index contributed by atoms with van der Waals surface area (Å²) in [5.74, 6) is -1.11. The van der Waals surface area contributed by atoms with Crippen molar-refractivity contribution < 1.29 is 18.8 Å². The summed E-state index contributed by atoms with van der Waals surface area (Å²) in [4.78, 5) is 29.1. The first-order valence-corrected chi connectivity index (χ1v) is 19.3. The van der Waals surface area contributed by atoms with Crippen LogP contribution in [0.4, 0.5) is 0 Å². The Balaban J connectivity index is 1.54. The Kier molecular flexibility index (Phi) is 11.5. The molecular weight excluding hydrogens is 657 g/mol. The number of hydrogen-bond donors (Lipinski definition) is 0. The second kappa shape index (κ2) is 15.4. The predicted molar refractivity (Wildman–Crippen MR) is 198 cm³/mol. The topological polar surface area (TPSA) is 55.8 Å². The molecule has 0 aliphatic carbocycles. The van der Waals surface area contributed by atoms with Crippen molar-refractivity contribution >= 4 is 53.8 Å². The standard InChI is InChI=1S/C40H45Cl2NO4Si/c1-28(23-24-47-48(40(2,3)4,34-15-8-6-9-16-34)35-17-10-7-11-18-35)43-38(29-19-21-32(41)22-20-29)36(30-13-12-14-33(42)25-30)26-31(39(43)45)27-37(44)46-5/h6-22,25,28,31,36,38H,23-24,26-27H2,1-5H3/t28-,31?,36?,38?/m0/s1. The molecule has 4 aromatic rings. The molecule has 0 bridgehead atoms. The van der Waals surface area contributed by atoms with E-state index in [0.29, 0.717) is 29.5 Å². The first-order valence-electron chi connectivity index (χ1n) is 16.6. The van der Waals surface area contributed by atoms with Gasteiger partial charge in [0.15, 0.2) is 0 Å². The quantitative estimate of drug-likeness (QED) is 0.116. The van der Waals surface area contributed by atoms with Gasteiger partial charge >= 0.3 is 5.97 Å². The molecule has 0 N–H and O–H groups in total. The SMILES string of the molecule is COC(=O)CC1CC(c2cccc(Cl)c2)C(c2ccc(Cl)cc2)N([C@@H](C)CCO[Si](c2ccccc2)(c2ccccc2)C(C)(C)C)C1=O. The van der Waals surface area contributed by atoms with E-state index >= 15 is 0 Å². The number of carbonyl (C=O) groups excluding carboxylic acids is 2. The van der Waals surface area contributed by atoms with E-state index in [2.05, 4.69) is 82.3 Å². The Morgan fingerprint density at radius 3 is 2.00 bits per heavy atom. The molecule has 0 spiro atoms. The predicted octanol–water partition coefficient (Wildman–Crippen LogP) is 8.59. The summed E-state index contributed by atoms with van der Waals surface area (Å²) in [5, 5.41) is 3.51. The Labute approximate surface area is 296 Å². The van der Waals surface area contributed by atoms with Crippen LogP contribution in [0.5, 0.6) is 0 Å². The molecule has 1 fully saturated rings. The maximum atomic E-state index is 14.5. The van der Waals surface area contributed by atoms with Gasteiger partial charge in [0.05, 0.1) is 19.6 Å². The van der Waals surface area contributed by atoms with Crippen LogP contribution in [0.3, 0.4) is 0 Å². The Morgan fingerprint density at radius 1 is 0.854 bits per heavy atom. The third-order valence-electron chi connectivity index (χ3n) is 9.70. The molecule has 4 aromatic carbocycles. The molecule has 5 rings (SSSR count). The second-order valence-corrected chi connectivity index (χ2v) is 18.9. The van der Waals surface area contributed by atoms with Gasteiger partial charge < -0.3 is 14.1 Å². The summed E-state index contributed by atoms with van der Waals surface area (Å²) in [6, 6.07) is 36.2. The molecule has 0 aromatic heterocycles. The molecule has 0 radical (unpaired) electrons. The van der Waals surface area contributed by atoms with Gasteiger partial charge in [0.25, 0.3) is 8.32 Å². The van der Waals surface area contributed by atoms with Gasteiger partial charge in [-0.15, -0.1) is 0 Å². The number of halogens is 2. The minimum absolute atomic E-state index is 0.0154. The normalized spacial score (nSPS) is 19.2. The highest BCUT2D eigenvalue weighted by molar-refractivity contribution is 6.99. The van der Waals surface area contributed by atoms with Crippen LogP contribution in [0.25, 0.3) is 0 Å². The first kappa shape index (κ1) is 35.9. The number of nitrogens with zero attached hydrogens (tertiary/aromatic N) is 1. The zero-order chi connectivity index (χ0) is 34.5. The highest BCUT2D eigenvalue weighted by atomic mass is 35.5. The number of ether oxygens (including phenoxy) is 1. The van der Waals surface area contributed by atoms with Crippen molar-refractivity contribution in [3.05, 3.63) is 130 Å². The van der Waals surface area contributed by atoms with Crippen molar-refractivity contribution in [1.82, 2.24) is 4.90 Å². The first-order chi connectivity index (χ1) is 23.0. The number of likely N-dealkylation sites (tertiary alicyclic amines) is 1. The van der Waals surface area contributed by atoms with Gasteiger partial charge in [-0.3, -0.25) is 9.59 Å². The Bertz CT molecular complexity index is 1640. The zero-order valence-corrected chi connectivity index (χ0v) is 30.9. The number of hydrogen-bond acceptors (Lipinski definition) is 4. The molecule has 1 amide bonds. The van der Waals surface area contributed by atoms with Gasteiger partial charge in [-0.1, -0.05) is 129 Å². The van der Waals surface area contributed by atoms with Crippen LogP contribution in [-0.2, 0) is 18.8 Å². The van der Waals surface area contributed by atoms with Crippen molar-refractivity contribution in [3.63, 3.8) is 0 Å². The van der Waals surface area contributed by atoms with Crippen LogP contribution in [0.2, 0.25) is 15.1 Å². The van der Waals surface area contributed by atoms with Gasteiger partial charge in [-0.25, -0.2) is 0 Å². The van der Waals surface area contributed by atoms with Crippen molar-refractivity contribution in [2.24, 2.45) is 5.92 Å². The number of rotatable bonds is 11. The largest absolute Gasteiger partial charge is 0.469 e. The van der Waals surface area contributed by atoms with E-state index in [1.54, 1.807) is 0 Å². The molecule has 0 saturated carbocycles. The second-order valence-electron chi connectivity index (χ2n) is 13.8. The van der Waals surface area contributed by atoms with Crippen molar-refractivity contribution in [2.75, 3.05) is 13.7 Å². The average molecular weight is 703 g/mol. The molecule has 1 heterocycles. The highest BCUT2D eigenvalue weighted by Gasteiger charge is 2.50. The number of amides is 1. The van der Waals surface area contributed by atoms with E-state index in [-0.39, 0.29) is 35.4 Å². The monoisotopic (exact) mass is 701 g/mol. The van der Waals surface area contributed by atoms with E-state index in [1.165, 1.54) is 17.5 Å². The van der Waals surface area contributed by atoms with Crippen LogP contribution in [0.15, 0.2) is 109 Å². The minimum Gasteiger partial charge on any atom is -0.469 e. The number of piperidine rings is 1. The van der Waals surface area contributed by atoms with E-state index in [9.17, 15) is 9.59 Å². The molecular formula is C40H45Cl2NO4Si. The maximum absolute atomic E-state index is 14.5. The van der Waals surface area contributed by atoms with Gasteiger partial charge in [0.1, 0.15) is 0 Å². The lowest BCUT2D eigenvalue weighted by Gasteiger charge is -2.48. The molecule has 3 unspecified atom stereocenters. The maximum Gasteiger partial charge on any atom is 0.306 e. The van der Waals surface area contributed by atoms with Crippen LogP contribution in [0, 0.1) is 5.92 Å². The summed E-state index contributed by atoms with van der Waals surface area (Å²) in [5.41, 5.74) is 2.00. The van der Waals surface area contributed by atoms with Crippen LogP contribution < -0.4 is 10.4 Å². The number of carbonyl (C=O) groups is 2. The lowest BCUT2D eigenvalue weighted by Crippen LogP contribution is -2.66. The molecule has 48 heavy (non-hydrogen) atoms. The molecule has 1 aliphatic heterocycles. The van der Waals surface area contributed by atoms with Crippen molar-refractivity contribution in [3.8, 4) is 0 Å². The summed E-state index contributed by atoms with van der Waals surface area (Å²) in [7, 11) is -1.41. The number of methoxy groups -OCH3 is 1. The summed E-state index contributed by atoms with van der Waals surface area (Å²) >= 11 is 12.8. The summed E-state index contributed by atoms with van der Waals surface area (Å²) < 4.78 is 12.3. The van der Waals surface area contributed by atoms with E-state index in [4.69, 9.17) is 32.4 Å². The highest BCUT2D eigenvalue weighted by Crippen LogP contribution is 2.48. The Morgan fingerprint density at radius 2 is 1.46 bits per heavy atom. The fourth-order valence-corrected chi connectivity index (χ4v) is 12.3. The van der Waals surface area contributed by atoms with Crippen LogP contribution >= 0.6 is 23.2 Å². The fraction of sp³-hybridized carbons (Fsp3) is 0.350. The molecule has 1 aliphatic rings. The number of benzene rings is 4. The van der Waals surface area contributed by atoms with Gasteiger partial charge in [-0.05, 0) is 70.6 Å². The molecule has 4 atom stereocenters. The molecule has 1 saturated heterocycles. The third-order valence-corrected chi connectivity index (χ3v) is 15.2. The van der Waals surface area contributed by atoms with E-state index in [1.807, 2.05) is 59.5 Å². The minimum atomic E-state index is -2.78. The van der Waals surface area contributed by atoms with Gasteiger partial charge in [-0.2, -0.15) is 0 Å². The smallest absolute Gasteiger partial charge is 0.306 e. The third kappa shape index (κ3) is 7.57. The lowest BCUT2D eigenvalue weighted by atomic mass is 9.74. The van der Waals surface area contributed by atoms with E-state index < -0.39 is 20.2 Å². The van der Waals surface area contributed by atoms with Crippen molar-refractivity contribution in [2.45, 2.75) is 70.0 Å². The zero-order valence-electron chi connectivity index (χ0n) is 28.4. The average Bonchev–Trinajstić information content (AvgIpc) is 3.08. The fourth-order valence-electron chi connectivity index (χ4n) is 7.42. The molecule has 8 heteroatoms. The van der Waals surface area contributed by atoms with Crippen LogP contribution in [0.1, 0.15) is 70.0 Å². The Hall–Kier alpha value is -3.42. The van der Waals surface area contributed by atoms with Crippen LogP contribution in [-0.4, -0.2) is 44.9 Å². The van der Waals surface area contributed by atoms with Gasteiger partial charge in [0, 0.05) is 34.5 Å². The van der Waals surface area contributed by atoms with Gasteiger partial charge in [0.2, 0.25) is 5.91 Å². The summed E-state index contributed by atoms with van der Waals surface area (Å²) in [6.45, 7) is 9.33. The summed E-state index contributed by atoms with van der Waals surface area (Å²) in [6.07, 6.45) is 1.11. The molecule has 5 nitrogen and oxygen atoms in total. The molecule has 252 valence electrons.